The van der Waals surface area contributed by atoms with Crippen molar-refractivity contribution in [2.24, 2.45) is 0 Å². The molecule has 0 fully saturated rings. The van der Waals surface area contributed by atoms with Crippen molar-refractivity contribution in [3.8, 4) is 0 Å². The Kier molecular flexibility index (Phi) is 7.45. The summed E-state index contributed by atoms with van der Waals surface area (Å²) < 4.78 is 0. The molecule has 27 heavy (non-hydrogen) atoms. The number of aliphatic carboxylic acids is 1. The molecule has 1 atom stereocenters. The molecule has 1 amide bonds. The van der Waals surface area contributed by atoms with Crippen molar-refractivity contribution in [1.82, 2.24) is 4.90 Å². The largest absolute Gasteiger partial charge is 0.480 e. The molecule has 0 aromatic heterocycles. The van der Waals surface area contributed by atoms with E-state index in [1.807, 2.05) is 50.3 Å². The predicted molar refractivity (Wildman–Crippen MR) is 108 cm³/mol. The highest BCUT2D eigenvalue weighted by Crippen LogP contribution is 2.24. The first-order chi connectivity index (χ1) is 12.8. The number of halogens is 2. The third-order valence-electron chi connectivity index (χ3n) is 4.05. The Hall–Kier alpha value is -2.30. The van der Waals surface area contributed by atoms with Gasteiger partial charge in [-0.1, -0.05) is 65.2 Å². The number of carbonyl (C=O) groups is 2. The number of nitrogens with zero attached hydrogens (tertiary/aromatic N) is 1. The lowest BCUT2D eigenvalue weighted by Crippen LogP contribution is -2.46. The number of hydrogen-bond donors (Lipinski definition) is 1. The summed E-state index contributed by atoms with van der Waals surface area (Å²) >= 11 is 12.1. The van der Waals surface area contributed by atoms with E-state index in [9.17, 15) is 14.7 Å². The number of carboxylic acids is 1. The van der Waals surface area contributed by atoms with Crippen LogP contribution in [0.25, 0.3) is 0 Å². The maximum atomic E-state index is 13.1. The third kappa shape index (κ3) is 5.84. The highest BCUT2D eigenvalue weighted by atomic mass is 35.5. The summed E-state index contributed by atoms with van der Waals surface area (Å²) in [6.45, 7) is 3.96. The molecule has 0 bridgehead atoms. The van der Waals surface area contributed by atoms with Crippen LogP contribution in [0.2, 0.25) is 10.0 Å². The molecular formula is C21H21Cl2NO3. The van der Waals surface area contributed by atoms with E-state index in [4.69, 9.17) is 23.2 Å². The minimum atomic E-state index is -1.07. The molecule has 2 rings (SSSR count). The zero-order valence-electron chi connectivity index (χ0n) is 15.2. The predicted octanol–water partition coefficient (Wildman–Crippen LogP) is 5.10. The van der Waals surface area contributed by atoms with Crippen LogP contribution in [-0.4, -0.2) is 34.5 Å². The first kappa shape index (κ1) is 21.0. The molecular weight excluding hydrogens is 385 g/mol. The van der Waals surface area contributed by atoms with E-state index in [-0.39, 0.29) is 23.6 Å². The molecule has 0 aliphatic rings. The van der Waals surface area contributed by atoms with E-state index < -0.39 is 17.9 Å². The van der Waals surface area contributed by atoms with Crippen LogP contribution in [0.3, 0.4) is 0 Å². The molecule has 142 valence electrons. The van der Waals surface area contributed by atoms with E-state index in [1.54, 1.807) is 6.07 Å². The number of rotatable bonds is 7. The van der Waals surface area contributed by atoms with Crippen LogP contribution in [-0.2, 0) is 11.2 Å². The number of hydrogen-bond acceptors (Lipinski definition) is 2. The van der Waals surface area contributed by atoms with Gasteiger partial charge in [0.1, 0.15) is 6.04 Å². The maximum absolute atomic E-state index is 13.1. The highest BCUT2D eigenvalue weighted by molar-refractivity contribution is 6.36. The molecule has 0 saturated carbocycles. The number of carbonyl (C=O) groups excluding carboxylic acids is 1. The van der Waals surface area contributed by atoms with E-state index >= 15 is 0 Å². The van der Waals surface area contributed by atoms with Crippen LogP contribution in [0, 0.1) is 0 Å². The van der Waals surface area contributed by atoms with Gasteiger partial charge < -0.3 is 10.0 Å². The molecule has 2 aromatic carbocycles. The summed E-state index contributed by atoms with van der Waals surface area (Å²) in [4.78, 5) is 26.5. The van der Waals surface area contributed by atoms with Crippen molar-refractivity contribution in [2.45, 2.75) is 26.3 Å². The molecule has 0 aliphatic heterocycles. The fourth-order valence-electron chi connectivity index (χ4n) is 2.62. The van der Waals surface area contributed by atoms with Crippen LogP contribution in [0.1, 0.15) is 29.8 Å². The standard InChI is InChI=1S/C21H21Cl2NO3/c1-14(2)10-11-24(20(25)17-9-8-16(22)13-18(17)23)19(21(26)27)12-15-6-4-3-5-7-15/h3-10,13,19H,11-12H2,1-2H3,(H,26,27). The van der Waals surface area contributed by atoms with Crippen LogP contribution < -0.4 is 0 Å². The van der Waals surface area contributed by atoms with Gasteiger partial charge in [-0.25, -0.2) is 4.79 Å². The fraction of sp³-hybridized carbons (Fsp3) is 0.238. The van der Waals surface area contributed by atoms with Crippen molar-refractivity contribution in [1.29, 1.82) is 0 Å². The molecule has 2 aromatic rings. The average Bonchev–Trinajstić information content (AvgIpc) is 2.61. The molecule has 0 heterocycles. The Morgan fingerprint density at radius 2 is 1.78 bits per heavy atom. The minimum Gasteiger partial charge on any atom is -0.480 e. The van der Waals surface area contributed by atoms with Crippen LogP contribution in [0.5, 0.6) is 0 Å². The average molecular weight is 406 g/mol. The van der Waals surface area contributed by atoms with Crippen LogP contribution >= 0.6 is 23.2 Å². The van der Waals surface area contributed by atoms with Crippen molar-refractivity contribution < 1.29 is 14.7 Å². The van der Waals surface area contributed by atoms with Crippen LogP contribution in [0.4, 0.5) is 0 Å². The highest BCUT2D eigenvalue weighted by Gasteiger charge is 2.31. The Bertz CT molecular complexity index is 846. The summed E-state index contributed by atoms with van der Waals surface area (Å²) in [6, 6.07) is 12.8. The SMILES string of the molecule is CC(C)=CCN(C(=O)c1ccc(Cl)cc1Cl)C(Cc1ccccc1)C(=O)O. The Labute approximate surface area is 169 Å². The van der Waals surface area contributed by atoms with Crippen molar-refractivity contribution in [3.05, 3.63) is 81.4 Å². The smallest absolute Gasteiger partial charge is 0.326 e. The Balaban J connectivity index is 2.42. The van der Waals surface area contributed by atoms with Gasteiger partial charge in [0.05, 0.1) is 10.6 Å². The van der Waals surface area contributed by atoms with Gasteiger partial charge in [-0.05, 0) is 37.6 Å². The maximum Gasteiger partial charge on any atom is 0.326 e. The lowest BCUT2D eigenvalue weighted by Gasteiger charge is -2.29. The molecule has 0 spiro atoms. The van der Waals surface area contributed by atoms with Crippen molar-refractivity contribution >= 4 is 35.1 Å². The first-order valence-electron chi connectivity index (χ1n) is 8.45. The second kappa shape index (κ2) is 9.58. The molecule has 1 unspecified atom stereocenters. The molecule has 6 heteroatoms. The van der Waals surface area contributed by atoms with Gasteiger partial charge in [-0.2, -0.15) is 0 Å². The third-order valence-corrected chi connectivity index (χ3v) is 4.60. The number of allylic oxidation sites excluding steroid dienone is 1. The second-order valence-corrected chi connectivity index (χ2v) is 7.25. The zero-order valence-corrected chi connectivity index (χ0v) is 16.7. The summed E-state index contributed by atoms with van der Waals surface area (Å²) in [6.07, 6.45) is 2.02. The van der Waals surface area contributed by atoms with E-state index in [2.05, 4.69) is 0 Å². The minimum absolute atomic E-state index is 0.171. The van der Waals surface area contributed by atoms with E-state index in [0.717, 1.165) is 11.1 Å². The zero-order chi connectivity index (χ0) is 20.0. The van der Waals surface area contributed by atoms with Gasteiger partial charge in [0.15, 0.2) is 0 Å². The summed E-state index contributed by atoms with van der Waals surface area (Å²) in [7, 11) is 0. The van der Waals surface area contributed by atoms with Crippen molar-refractivity contribution in [2.75, 3.05) is 6.54 Å². The first-order valence-corrected chi connectivity index (χ1v) is 9.21. The van der Waals surface area contributed by atoms with E-state index in [0.29, 0.717) is 5.02 Å². The van der Waals surface area contributed by atoms with E-state index in [1.165, 1.54) is 17.0 Å². The van der Waals surface area contributed by atoms with Crippen LogP contribution in [0.15, 0.2) is 60.2 Å². The van der Waals surface area contributed by atoms with Gasteiger partial charge in [0.2, 0.25) is 0 Å². The number of carboxylic acid groups (broad SMARTS) is 1. The summed E-state index contributed by atoms with van der Waals surface area (Å²) in [5, 5.41) is 10.4. The molecule has 0 saturated heterocycles. The van der Waals surface area contributed by atoms with Crippen molar-refractivity contribution in [3.63, 3.8) is 0 Å². The quantitative estimate of drug-likeness (QED) is 0.651. The molecule has 4 nitrogen and oxygen atoms in total. The lowest BCUT2D eigenvalue weighted by atomic mass is 10.0. The van der Waals surface area contributed by atoms with Gasteiger partial charge in [-0.15, -0.1) is 0 Å². The number of amides is 1. The summed E-state index contributed by atoms with van der Waals surface area (Å²) in [5.41, 5.74) is 2.04. The second-order valence-electron chi connectivity index (χ2n) is 6.41. The Morgan fingerprint density at radius 1 is 1.11 bits per heavy atom. The van der Waals surface area contributed by atoms with Gasteiger partial charge in [-0.3, -0.25) is 4.79 Å². The van der Waals surface area contributed by atoms with Gasteiger partial charge >= 0.3 is 5.97 Å². The topological polar surface area (TPSA) is 57.6 Å². The monoisotopic (exact) mass is 405 g/mol. The Morgan fingerprint density at radius 3 is 2.33 bits per heavy atom. The summed E-state index contributed by atoms with van der Waals surface area (Å²) in [5.74, 6) is -1.52. The van der Waals surface area contributed by atoms with Gasteiger partial charge in [0.25, 0.3) is 5.91 Å². The fourth-order valence-corrected chi connectivity index (χ4v) is 3.11. The molecule has 1 N–H and O–H groups in total. The number of benzene rings is 2. The van der Waals surface area contributed by atoms with Gasteiger partial charge in [0, 0.05) is 18.0 Å². The lowest BCUT2D eigenvalue weighted by molar-refractivity contribution is -0.142. The normalized spacial score (nSPS) is 11.6. The molecule has 0 radical (unpaired) electrons. The molecule has 0 aliphatic carbocycles.